The number of halogens is 3. The lowest BCUT2D eigenvalue weighted by molar-refractivity contribution is -0.192. The van der Waals surface area contributed by atoms with E-state index >= 15 is 0 Å². The van der Waals surface area contributed by atoms with Crippen LogP contribution in [0.5, 0.6) is 0 Å². The van der Waals surface area contributed by atoms with Gasteiger partial charge in [-0.05, 0) is 19.9 Å². The Morgan fingerprint density at radius 3 is 2.44 bits per heavy atom. The second kappa shape index (κ2) is 8.54. The first kappa shape index (κ1) is 20.5. The van der Waals surface area contributed by atoms with E-state index in [0.29, 0.717) is 13.1 Å². The summed E-state index contributed by atoms with van der Waals surface area (Å²) in [6, 6.07) is 4.10. The fourth-order valence-corrected chi connectivity index (χ4v) is 2.07. The molecule has 0 spiro atoms. The molecule has 2 N–H and O–H groups in total. The number of fused-ring (bicyclic) bond motifs is 1. The van der Waals surface area contributed by atoms with Crippen LogP contribution >= 0.6 is 0 Å². The maximum atomic E-state index is 12.1. The van der Waals surface area contributed by atoms with Crippen molar-refractivity contribution >= 4 is 17.8 Å². The second-order valence-corrected chi connectivity index (χ2v) is 5.74. The molecule has 0 saturated heterocycles. The normalized spacial score (nSPS) is 14.2. The molecule has 1 aliphatic rings. The zero-order chi connectivity index (χ0) is 19.2. The quantitative estimate of drug-likeness (QED) is 0.799. The van der Waals surface area contributed by atoms with E-state index < -0.39 is 12.1 Å². The third-order valence-corrected chi connectivity index (χ3v) is 3.24. The first-order valence-electron chi connectivity index (χ1n) is 7.53. The number of urea groups is 1. The number of pyridine rings is 1. The van der Waals surface area contributed by atoms with E-state index in [2.05, 4.69) is 15.2 Å². The minimum Gasteiger partial charge on any atom is -0.475 e. The van der Waals surface area contributed by atoms with E-state index in [4.69, 9.17) is 9.90 Å². The minimum atomic E-state index is -5.08. The lowest BCUT2D eigenvalue weighted by Gasteiger charge is -2.22. The van der Waals surface area contributed by atoms with Crippen molar-refractivity contribution in [2.45, 2.75) is 32.6 Å². The van der Waals surface area contributed by atoms with Crippen molar-refractivity contribution in [3.63, 3.8) is 0 Å². The van der Waals surface area contributed by atoms with Crippen molar-refractivity contribution in [3.05, 3.63) is 23.9 Å². The Morgan fingerprint density at radius 2 is 1.92 bits per heavy atom. The lowest BCUT2D eigenvalue weighted by Crippen LogP contribution is -2.44. The molecule has 0 saturated carbocycles. The number of likely N-dealkylation sites (N-methyl/N-ethyl adjacent to an activating group) is 1. The van der Waals surface area contributed by atoms with Crippen LogP contribution in [0.25, 0.3) is 0 Å². The number of carbonyl (C=O) groups is 2. The van der Waals surface area contributed by atoms with Crippen LogP contribution in [0.1, 0.15) is 19.4 Å². The summed E-state index contributed by atoms with van der Waals surface area (Å²) < 4.78 is 31.7. The van der Waals surface area contributed by atoms with Crippen LogP contribution < -0.4 is 10.2 Å². The lowest BCUT2D eigenvalue weighted by atomic mass is 10.2. The number of anilines is 1. The number of aromatic nitrogens is 1. The van der Waals surface area contributed by atoms with Gasteiger partial charge in [0, 0.05) is 37.9 Å². The Morgan fingerprint density at radius 1 is 1.32 bits per heavy atom. The molecular weight excluding hydrogens is 341 g/mol. The Hall–Kier alpha value is -2.52. The van der Waals surface area contributed by atoms with Crippen molar-refractivity contribution < 1.29 is 27.9 Å². The summed E-state index contributed by atoms with van der Waals surface area (Å²) >= 11 is 0. The monoisotopic (exact) mass is 362 g/mol. The number of carbonyl (C=O) groups excluding carboxylic acids is 1. The number of nitrogens with one attached hydrogen (secondary N) is 1. The van der Waals surface area contributed by atoms with Crippen molar-refractivity contribution in [3.8, 4) is 0 Å². The Bertz CT molecular complexity index is 608. The summed E-state index contributed by atoms with van der Waals surface area (Å²) in [5.74, 6) is -1.79. The summed E-state index contributed by atoms with van der Waals surface area (Å²) in [6.45, 7) is 6.07. The molecule has 2 heterocycles. The summed E-state index contributed by atoms with van der Waals surface area (Å²) in [6.07, 6.45) is -3.29. The van der Waals surface area contributed by atoms with Gasteiger partial charge in [0.25, 0.3) is 0 Å². The first-order chi connectivity index (χ1) is 11.5. The van der Waals surface area contributed by atoms with E-state index in [1.807, 2.05) is 37.9 Å². The third-order valence-electron chi connectivity index (χ3n) is 3.24. The molecule has 0 atom stereocenters. The van der Waals surface area contributed by atoms with Crippen LogP contribution in [0.2, 0.25) is 0 Å². The Labute approximate surface area is 143 Å². The van der Waals surface area contributed by atoms with Crippen LogP contribution in [0.4, 0.5) is 23.8 Å². The van der Waals surface area contributed by atoms with Gasteiger partial charge in [0.15, 0.2) is 0 Å². The average molecular weight is 362 g/mol. The Kier molecular flexibility index (Phi) is 7.01. The number of alkyl halides is 3. The molecule has 0 aromatic carbocycles. The van der Waals surface area contributed by atoms with Crippen molar-refractivity contribution in [2.75, 3.05) is 25.0 Å². The molecule has 140 valence electrons. The summed E-state index contributed by atoms with van der Waals surface area (Å²) in [5.41, 5.74) is 1.09. The zero-order valence-electron chi connectivity index (χ0n) is 14.2. The Balaban J connectivity index is 0.000000381. The van der Waals surface area contributed by atoms with Gasteiger partial charge < -0.3 is 20.2 Å². The second-order valence-electron chi connectivity index (χ2n) is 5.74. The zero-order valence-corrected chi connectivity index (χ0v) is 14.2. The number of hydrogen-bond donors (Lipinski definition) is 2. The third kappa shape index (κ3) is 6.48. The predicted molar refractivity (Wildman–Crippen MR) is 85.3 cm³/mol. The van der Waals surface area contributed by atoms with Gasteiger partial charge in [-0.25, -0.2) is 14.6 Å². The number of hydrogen-bond acceptors (Lipinski definition) is 4. The summed E-state index contributed by atoms with van der Waals surface area (Å²) in [4.78, 5) is 29.3. The number of carboxylic acid groups (broad SMARTS) is 1. The highest BCUT2D eigenvalue weighted by Crippen LogP contribution is 2.20. The van der Waals surface area contributed by atoms with Gasteiger partial charge in [0.2, 0.25) is 0 Å². The molecule has 1 aromatic heterocycles. The number of nitrogens with zero attached hydrogens (tertiary/aromatic N) is 3. The van der Waals surface area contributed by atoms with E-state index in [-0.39, 0.29) is 12.1 Å². The minimum absolute atomic E-state index is 0.00453. The molecule has 1 aliphatic heterocycles. The maximum Gasteiger partial charge on any atom is 0.490 e. The molecule has 0 bridgehead atoms. The van der Waals surface area contributed by atoms with Gasteiger partial charge in [-0.2, -0.15) is 13.2 Å². The van der Waals surface area contributed by atoms with Crippen molar-refractivity contribution in [2.24, 2.45) is 0 Å². The van der Waals surface area contributed by atoms with Crippen molar-refractivity contribution in [1.82, 2.24) is 15.2 Å². The number of aliphatic carboxylic acids is 1. The fourth-order valence-electron chi connectivity index (χ4n) is 2.07. The average Bonchev–Trinajstić information content (AvgIpc) is 2.66. The predicted octanol–water partition coefficient (Wildman–Crippen LogP) is 2.08. The first-order valence-corrected chi connectivity index (χ1v) is 7.53. The molecule has 1 aromatic rings. The van der Waals surface area contributed by atoms with E-state index in [1.54, 1.807) is 6.20 Å². The highest BCUT2D eigenvalue weighted by Gasteiger charge is 2.38. The van der Waals surface area contributed by atoms with Crippen molar-refractivity contribution in [1.29, 1.82) is 0 Å². The molecule has 10 heteroatoms. The smallest absolute Gasteiger partial charge is 0.475 e. The van der Waals surface area contributed by atoms with Gasteiger partial charge in [0.1, 0.15) is 5.82 Å². The van der Waals surface area contributed by atoms with Gasteiger partial charge in [-0.3, -0.25) is 0 Å². The highest BCUT2D eigenvalue weighted by atomic mass is 19.4. The van der Waals surface area contributed by atoms with Gasteiger partial charge >= 0.3 is 18.2 Å². The van der Waals surface area contributed by atoms with E-state index in [9.17, 15) is 18.0 Å². The van der Waals surface area contributed by atoms with Gasteiger partial charge in [0.05, 0.1) is 6.54 Å². The molecule has 2 amide bonds. The molecule has 0 fully saturated rings. The molecule has 0 unspecified atom stereocenters. The molecule has 0 radical (unpaired) electrons. The topological polar surface area (TPSA) is 85.8 Å². The molecule has 2 rings (SSSR count). The molecule has 25 heavy (non-hydrogen) atoms. The largest absolute Gasteiger partial charge is 0.490 e. The van der Waals surface area contributed by atoms with Crippen LogP contribution in [0, 0.1) is 0 Å². The van der Waals surface area contributed by atoms with E-state index in [1.165, 1.54) is 0 Å². The van der Waals surface area contributed by atoms with Crippen LogP contribution in [0.15, 0.2) is 18.3 Å². The van der Waals surface area contributed by atoms with Crippen LogP contribution in [-0.2, 0) is 11.3 Å². The number of amides is 2. The van der Waals surface area contributed by atoms with Crippen LogP contribution in [-0.4, -0.2) is 59.3 Å². The standard InChI is InChI=1S/C13H20N4O.C2HF3O2/c1-10(2)15-13(18)17-8-7-16(3)12-11(9-17)5-4-6-14-12;3-2(4,5)1(6)7/h4-6,10H,7-9H2,1-3H3,(H,15,18);(H,6,7). The molecule has 7 nitrogen and oxygen atoms in total. The molecule has 0 aliphatic carbocycles. The summed E-state index contributed by atoms with van der Waals surface area (Å²) in [7, 11) is 2.01. The molecular formula is C15H21F3N4O3. The number of carboxylic acids is 1. The summed E-state index contributed by atoms with van der Waals surface area (Å²) in [5, 5.41) is 10.1. The van der Waals surface area contributed by atoms with Gasteiger partial charge in [-0.1, -0.05) is 6.07 Å². The number of rotatable bonds is 1. The van der Waals surface area contributed by atoms with Gasteiger partial charge in [-0.15, -0.1) is 0 Å². The SMILES string of the molecule is CC(C)NC(=O)N1CCN(C)c2ncccc2C1.O=C(O)C(F)(F)F. The highest BCUT2D eigenvalue weighted by molar-refractivity contribution is 5.75. The van der Waals surface area contributed by atoms with E-state index in [0.717, 1.165) is 17.9 Å². The fraction of sp³-hybridized carbons (Fsp3) is 0.533. The van der Waals surface area contributed by atoms with Crippen LogP contribution in [0.3, 0.4) is 0 Å². The maximum absolute atomic E-state index is 12.1.